The van der Waals surface area contributed by atoms with Crippen LogP contribution in [0.4, 0.5) is 0 Å². The van der Waals surface area contributed by atoms with E-state index in [0.717, 1.165) is 30.4 Å². The summed E-state index contributed by atoms with van der Waals surface area (Å²) in [5, 5.41) is 0. The molecule has 4 heteroatoms. The Morgan fingerprint density at radius 2 is 1.29 bits per heavy atom. The van der Waals surface area contributed by atoms with Gasteiger partial charge in [-0.1, -0.05) is 104 Å². The Kier molecular flexibility index (Phi) is 12.0. The first-order valence-corrected chi connectivity index (χ1v) is 12.9. The molecule has 0 saturated carbocycles. The van der Waals surface area contributed by atoms with Crippen molar-refractivity contribution in [2.45, 2.75) is 121 Å². The molecule has 1 rings (SSSR count). The van der Waals surface area contributed by atoms with E-state index in [0.29, 0.717) is 5.92 Å². The zero-order valence-corrected chi connectivity index (χ0v) is 19.4. The van der Waals surface area contributed by atoms with Crippen LogP contribution in [-0.4, -0.2) is 13.0 Å². The highest BCUT2D eigenvalue weighted by atomic mass is 32.2. The molecule has 3 nitrogen and oxygen atoms in total. The van der Waals surface area contributed by atoms with E-state index < -0.39 is 10.1 Å². The van der Waals surface area contributed by atoms with Gasteiger partial charge in [-0.3, -0.25) is 4.55 Å². The predicted molar refractivity (Wildman–Crippen MR) is 120 cm³/mol. The molecule has 0 aliphatic rings. The molecule has 0 amide bonds. The second kappa shape index (κ2) is 13.4. The van der Waals surface area contributed by atoms with E-state index in [1.165, 1.54) is 57.8 Å². The third-order valence-electron chi connectivity index (χ3n) is 5.88. The Morgan fingerprint density at radius 1 is 0.786 bits per heavy atom. The molecule has 0 radical (unpaired) electrons. The topological polar surface area (TPSA) is 54.4 Å². The summed E-state index contributed by atoms with van der Waals surface area (Å²) in [5.41, 5.74) is 1.95. The van der Waals surface area contributed by atoms with E-state index in [1.54, 1.807) is 12.1 Å². The van der Waals surface area contributed by atoms with Crippen molar-refractivity contribution in [2.24, 2.45) is 0 Å². The average Bonchev–Trinajstić information content (AvgIpc) is 2.66. The molecule has 0 aliphatic heterocycles. The molecule has 0 fully saturated rings. The summed E-state index contributed by atoms with van der Waals surface area (Å²) in [4.78, 5) is 0.115. The fraction of sp³-hybridized carbons (Fsp3) is 0.750. The fourth-order valence-electron chi connectivity index (χ4n) is 4.15. The molecule has 28 heavy (non-hydrogen) atoms. The predicted octanol–water partition coefficient (Wildman–Crippen LogP) is 7.86. The summed E-state index contributed by atoms with van der Waals surface area (Å²) in [6.45, 7) is 8.74. The third-order valence-corrected chi connectivity index (χ3v) is 6.79. The quantitative estimate of drug-likeness (QED) is 0.236. The summed E-state index contributed by atoms with van der Waals surface area (Å²) in [6, 6.07) is 5.41. The van der Waals surface area contributed by atoms with Gasteiger partial charge < -0.3 is 0 Å². The summed E-state index contributed by atoms with van der Waals surface area (Å²) in [5.74, 6) is 0.443. The summed E-state index contributed by atoms with van der Waals surface area (Å²) in [6.07, 6.45) is 14.2. The van der Waals surface area contributed by atoms with Crippen LogP contribution in [0.1, 0.15) is 128 Å². The summed E-state index contributed by atoms with van der Waals surface area (Å²) in [7, 11) is -4.21. The molecular weight excluding hydrogens is 368 g/mol. The van der Waals surface area contributed by atoms with Crippen LogP contribution in [0.25, 0.3) is 0 Å². The van der Waals surface area contributed by atoms with Crippen LogP contribution in [0, 0.1) is 0 Å². The SMILES string of the molecule is CCCCCCCC(C)c1cccc(S(=O)(=O)O)c1C(C)CCCCCCC. The average molecular weight is 411 g/mol. The minimum absolute atomic E-state index is 0.115. The van der Waals surface area contributed by atoms with Gasteiger partial charge in [-0.2, -0.15) is 8.42 Å². The van der Waals surface area contributed by atoms with Gasteiger partial charge in [0.1, 0.15) is 0 Å². The molecule has 162 valence electrons. The molecule has 0 saturated heterocycles. The van der Waals surface area contributed by atoms with Crippen LogP contribution in [0.5, 0.6) is 0 Å². The Hall–Kier alpha value is -0.870. The van der Waals surface area contributed by atoms with Gasteiger partial charge in [0, 0.05) is 0 Å². The molecule has 0 spiro atoms. The molecule has 2 atom stereocenters. The Bertz CT molecular complexity index is 652. The van der Waals surface area contributed by atoms with E-state index in [4.69, 9.17) is 0 Å². The van der Waals surface area contributed by atoms with Crippen molar-refractivity contribution in [1.29, 1.82) is 0 Å². The number of hydrogen-bond donors (Lipinski definition) is 1. The first-order chi connectivity index (χ1) is 13.3. The van der Waals surface area contributed by atoms with Gasteiger partial charge in [0.05, 0.1) is 4.90 Å². The number of rotatable bonds is 15. The van der Waals surface area contributed by atoms with Crippen molar-refractivity contribution in [1.82, 2.24) is 0 Å². The highest BCUT2D eigenvalue weighted by Crippen LogP contribution is 2.36. The largest absolute Gasteiger partial charge is 0.294 e. The normalized spacial score (nSPS) is 14.2. The Morgan fingerprint density at radius 3 is 1.79 bits per heavy atom. The second-order valence-corrected chi connectivity index (χ2v) is 9.83. The highest BCUT2D eigenvalue weighted by molar-refractivity contribution is 7.85. The fourth-order valence-corrected chi connectivity index (χ4v) is 5.00. The van der Waals surface area contributed by atoms with Crippen molar-refractivity contribution in [3.8, 4) is 0 Å². The summed E-state index contributed by atoms with van der Waals surface area (Å²) < 4.78 is 33.9. The lowest BCUT2D eigenvalue weighted by Gasteiger charge is -2.23. The third kappa shape index (κ3) is 8.65. The van der Waals surface area contributed by atoms with E-state index in [-0.39, 0.29) is 10.8 Å². The zero-order valence-electron chi connectivity index (χ0n) is 18.5. The van der Waals surface area contributed by atoms with Crippen molar-refractivity contribution >= 4 is 10.1 Å². The molecule has 0 heterocycles. The minimum Gasteiger partial charge on any atom is -0.282 e. The molecule has 1 aromatic rings. The van der Waals surface area contributed by atoms with Crippen LogP contribution in [0.2, 0.25) is 0 Å². The molecule has 2 unspecified atom stereocenters. The number of benzene rings is 1. The van der Waals surface area contributed by atoms with Crippen molar-refractivity contribution in [2.75, 3.05) is 0 Å². The first-order valence-electron chi connectivity index (χ1n) is 11.4. The molecule has 0 bridgehead atoms. The Balaban J connectivity index is 2.93. The van der Waals surface area contributed by atoms with E-state index in [1.807, 2.05) is 0 Å². The van der Waals surface area contributed by atoms with E-state index >= 15 is 0 Å². The Labute approximate surface area is 174 Å². The monoisotopic (exact) mass is 410 g/mol. The maximum absolute atomic E-state index is 12.0. The van der Waals surface area contributed by atoms with Gasteiger partial charge in [0.25, 0.3) is 10.1 Å². The van der Waals surface area contributed by atoms with Crippen molar-refractivity contribution in [3.05, 3.63) is 29.3 Å². The highest BCUT2D eigenvalue weighted by Gasteiger charge is 2.24. The summed E-state index contributed by atoms with van der Waals surface area (Å²) >= 11 is 0. The van der Waals surface area contributed by atoms with Gasteiger partial charge in [0.2, 0.25) is 0 Å². The lowest BCUT2D eigenvalue weighted by molar-refractivity contribution is 0.478. The minimum atomic E-state index is -4.21. The molecule has 0 aliphatic carbocycles. The van der Waals surface area contributed by atoms with E-state index in [9.17, 15) is 13.0 Å². The van der Waals surface area contributed by atoms with Gasteiger partial charge in [-0.25, -0.2) is 0 Å². The lowest BCUT2D eigenvalue weighted by Crippen LogP contribution is -2.11. The van der Waals surface area contributed by atoms with Crippen LogP contribution < -0.4 is 0 Å². The van der Waals surface area contributed by atoms with Gasteiger partial charge >= 0.3 is 0 Å². The van der Waals surface area contributed by atoms with Gasteiger partial charge in [-0.15, -0.1) is 0 Å². The number of hydrogen-bond acceptors (Lipinski definition) is 2. The van der Waals surface area contributed by atoms with Crippen LogP contribution in [-0.2, 0) is 10.1 Å². The maximum Gasteiger partial charge on any atom is 0.294 e. The van der Waals surface area contributed by atoms with Gasteiger partial charge in [0.15, 0.2) is 0 Å². The molecule has 1 aromatic carbocycles. The smallest absolute Gasteiger partial charge is 0.282 e. The number of unbranched alkanes of at least 4 members (excludes halogenated alkanes) is 8. The lowest BCUT2D eigenvalue weighted by atomic mass is 9.84. The molecular formula is C24H42O3S. The zero-order chi connectivity index (χ0) is 21.0. The maximum atomic E-state index is 12.0. The van der Waals surface area contributed by atoms with Crippen LogP contribution >= 0.6 is 0 Å². The van der Waals surface area contributed by atoms with Gasteiger partial charge in [-0.05, 0) is 41.9 Å². The first kappa shape index (κ1) is 25.2. The van der Waals surface area contributed by atoms with Crippen LogP contribution in [0.3, 0.4) is 0 Å². The van der Waals surface area contributed by atoms with Crippen LogP contribution in [0.15, 0.2) is 23.1 Å². The molecule has 0 aromatic heterocycles. The standard InChI is InChI=1S/C24H42O3S/c1-5-7-9-11-13-16-20(3)22-18-15-19-23(28(25,26)27)24(22)21(4)17-14-12-10-8-6-2/h15,18-21H,5-14,16-17H2,1-4H3,(H,25,26,27). The second-order valence-electron chi connectivity index (χ2n) is 8.44. The van der Waals surface area contributed by atoms with Crippen molar-refractivity contribution < 1.29 is 13.0 Å². The van der Waals surface area contributed by atoms with Crippen molar-refractivity contribution in [3.63, 3.8) is 0 Å². The molecule has 1 N–H and O–H groups in total. The van der Waals surface area contributed by atoms with E-state index in [2.05, 4.69) is 33.8 Å².